The van der Waals surface area contributed by atoms with E-state index in [-0.39, 0.29) is 0 Å². The minimum atomic E-state index is 0.923. The zero-order valence-corrected chi connectivity index (χ0v) is 8.63. The molecule has 0 aliphatic carbocycles. The topological polar surface area (TPSA) is 21.3 Å². The largest absolute Gasteiger partial charge is 0.497 e. The number of anilines is 1. The van der Waals surface area contributed by atoms with E-state index in [1.807, 2.05) is 6.07 Å². The van der Waals surface area contributed by atoms with Crippen molar-refractivity contribution in [2.24, 2.45) is 0 Å². The Kier molecular flexibility index (Phi) is 2.44. The summed E-state index contributed by atoms with van der Waals surface area (Å²) in [4.78, 5) is 0. The summed E-state index contributed by atoms with van der Waals surface area (Å²) in [6.45, 7) is 3.11. The fourth-order valence-electron chi connectivity index (χ4n) is 1.80. The third-order valence-corrected chi connectivity index (χ3v) is 2.59. The van der Waals surface area contributed by atoms with Crippen LogP contribution < -0.4 is 10.1 Å². The van der Waals surface area contributed by atoms with E-state index in [4.69, 9.17) is 4.74 Å². The minimum Gasteiger partial charge on any atom is -0.497 e. The molecule has 74 valence electrons. The Morgan fingerprint density at radius 3 is 3.00 bits per heavy atom. The van der Waals surface area contributed by atoms with Gasteiger partial charge >= 0.3 is 0 Å². The lowest BCUT2D eigenvalue weighted by Gasteiger charge is -2.19. The standard InChI is InChI=1S/C12H15NO/c1-3-9-6-7-13-12-5-4-10(14-2)8-11(9)12/h4-6,8,13H,3,7H2,1-2H3. The van der Waals surface area contributed by atoms with Crippen LogP contribution in [0.5, 0.6) is 5.75 Å². The highest BCUT2D eigenvalue weighted by Gasteiger charge is 2.11. The lowest BCUT2D eigenvalue weighted by atomic mass is 9.98. The second kappa shape index (κ2) is 3.74. The first kappa shape index (κ1) is 9.13. The van der Waals surface area contributed by atoms with E-state index in [2.05, 4.69) is 30.4 Å². The molecule has 1 aliphatic rings. The lowest BCUT2D eigenvalue weighted by Crippen LogP contribution is -2.07. The van der Waals surface area contributed by atoms with E-state index in [0.29, 0.717) is 0 Å². The molecule has 0 unspecified atom stereocenters. The molecule has 0 radical (unpaired) electrons. The second-order valence-corrected chi connectivity index (χ2v) is 3.38. The van der Waals surface area contributed by atoms with Crippen molar-refractivity contribution in [3.63, 3.8) is 0 Å². The predicted octanol–water partition coefficient (Wildman–Crippen LogP) is 2.91. The zero-order valence-electron chi connectivity index (χ0n) is 8.63. The van der Waals surface area contributed by atoms with E-state index in [9.17, 15) is 0 Å². The van der Waals surface area contributed by atoms with Gasteiger partial charge in [0.15, 0.2) is 0 Å². The summed E-state index contributed by atoms with van der Waals surface area (Å²) >= 11 is 0. The molecular formula is C12H15NO. The van der Waals surface area contributed by atoms with Crippen LogP contribution >= 0.6 is 0 Å². The maximum Gasteiger partial charge on any atom is 0.119 e. The predicted molar refractivity (Wildman–Crippen MR) is 59.8 cm³/mol. The van der Waals surface area contributed by atoms with Gasteiger partial charge in [-0.25, -0.2) is 0 Å². The van der Waals surface area contributed by atoms with Gasteiger partial charge in [-0.3, -0.25) is 0 Å². The third-order valence-electron chi connectivity index (χ3n) is 2.59. The van der Waals surface area contributed by atoms with Crippen molar-refractivity contribution < 1.29 is 4.74 Å². The Labute approximate surface area is 84.6 Å². The smallest absolute Gasteiger partial charge is 0.119 e. The molecule has 2 heteroatoms. The molecule has 1 N–H and O–H groups in total. The number of allylic oxidation sites excluding steroid dienone is 1. The van der Waals surface area contributed by atoms with Gasteiger partial charge in [-0.15, -0.1) is 0 Å². The zero-order chi connectivity index (χ0) is 9.97. The quantitative estimate of drug-likeness (QED) is 0.772. The molecule has 0 aromatic heterocycles. The molecule has 1 aliphatic heterocycles. The van der Waals surface area contributed by atoms with Crippen LogP contribution in [0.1, 0.15) is 18.9 Å². The average Bonchev–Trinajstić information content (AvgIpc) is 2.27. The van der Waals surface area contributed by atoms with Crippen LogP contribution in [-0.4, -0.2) is 13.7 Å². The molecule has 0 bridgehead atoms. The van der Waals surface area contributed by atoms with Crippen molar-refractivity contribution in [2.45, 2.75) is 13.3 Å². The van der Waals surface area contributed by atoms with E-state index in [1.54, 1.807) is 7.11 Å². The van der Waals surface area contributed by atoms with Gasteiger partial charge in [0.1, 0.15) is 5.75 Å². The number of nitrogens with one attached hydrogen (secondary N) is 1. The first-order valence-electron chi connectivity index (χ1n) is 4.96. The van der Waals surface area contributed by atoms with E-state index >= 15 is 0 Å². The molecule has 14 heavy (non-hydrogen) atoms. The van der Waals surface area contributed by atoms with Gasteiger partial charge in [0.2, 0.25) is 0 Å². The van der Waals surface area contributed by atoms with Crippen LogP contribution in [0.2, 0.25) is 0 Å². The molecule has 0 atom stereocenters. The van der Waals surface area contributed by atoms with Gasteiger partial charge in [-0.2, -0.15) is 0 Å². The average molecular weight is 189 g/mol. The van der Waals surface area contributed by atoms with Crippen molar-refractivity contribution in [1.29, 1.82) is 0 Å². The van der Waals surface area contributed by atoms with Gasteiger partial charge in [-0.1, -0.05) is 13.0 Å². The number of hydrogen-bond donors (Lipinski definition) is 1. The monoisotopic (exact) mass is 189 g/mol. The summed E-state index contributed by atoms with van der Waals surface area (Å²) in [5, 5.41) is 3.35. The van der Waals surface area contributed by atoms with E-state index < -0.39 is 0 Å². The summed E-state index contributed by atoms with van der Waals surface area (Å²) in [7, 11) is 1.70. The van der Waals surface area contributed by atoms with Gasteiger partial charge < -0.3 is 10.1 Å². The van der Waals surface area contributed by atoms with Gasteiger partial charge in [0.25, 0.3) is 0 Å². The second-order valence-electron chi connectivity index (χ2n) is 3.38. The van der Waals surface area contributed by atoms with Gasteiger partial charge in [0, 0.05) is 17.8 Å². The number of methoxy groups -OCH3 is 1. The molecule has 0 amide bonds. The molecule has 2 nitrogen and oxygen atoms in total. The first-order valence-corrected chi connectivity index (χ1v) is 4.96. The highest BCUT2D eigenvalue weighted by atomic mass is 16.5. The fourth-order valence-corrected chi connectivity index (χ4v) is 1.80. The number of fused-ring (bicyclic) bond motifs is 1. The van der Waals surface area contributed by atoms with Crippen LogP contribution in [0, 0.1) is 0 Å². The fraction of sp³-hybridized carbons (Fsp3) is 0.333. The van der Waals surface area contributed by atoms with Crippen molar-refractivity contribution in [2.75, 3.05) is 19.0 Å². The Morgan fingerprint density at radius 1 is 1.43 bits per heavy atom. The lowest BCUT2D eigenvalue weighted by molar-refractivity contribution is 0.414. The summed E-state index contributed by atoms with van der Waals surface area (Å²) < 4.78 is 5.22. The summed E-state index contributed by atoms with van der Waals surface area (Å²) in [5.74, 6) is 0.923. The van der Waals surface area contributed by atoms with Gasteiger partial charge in [-0.05, 0) is 30.2 Å². The summed E-state index contributed by atoms with van der Waals surface area (Å²) in [6, 6.07) is 6.16. The molecule has 0 saturated heterocycles. The Bertz CT molecular complexity index is 369. The number of ether oxygens (including phenoxy) is 1. The normalized spacial score (nSPS) is 14.0. The van der Waals surface area contributed by atoms with Crippen LogP contribution in [0.4, 0.5) is 5.69 Å². The van der Waals surface area contributed by atoms with Crippen molar-refractivity contribution in [3.05, 3.63) is 29.8 Å². The van der Waals surface area contributed by atoms with Gasteiger partial charge in [0.05, 0.1) is 7.11 Å². The van der Waals surface area contributed by atoms with Crippen molar-refractivity contribution in [3.8, 4) is 5.75 Å². The minimum absolute atomic E-state index is 0.923. The van der Waals surface area contributed by atoms with Crippen LogP contribution in [0.25, 0.3) is 5.57 Å². The van der Waals surface area contributed by atoms with Crippen molar-refractivity contribution >= 4 is 11.3 Å². The van der Waals surface area contributed by atoms with Crippen LogP contribution in [0.3, 0.4) is 0 Å². The number of rotatable bonds is 2. The molecule has 1 heterocycles. The Morgan fingerprint density at radius 2 is 2.29 bits per heavy atom. The molecular weight excluding hydrogens is 174 g/mol. The molecule has 2 rings (SSSR count). The summed E-state index contributed by atoms with van der Waals surface area (Å²) in [5.41, 5.74) is 3.89. The van der Waals surface area contributed by atoms with Crippen LogP contribution in [0.15, 0.2) is 24.3 Å². The van der Waals surface area contributed by atoms with E-state index in [0.717, 1.165) is 18.7 Å². The number of benzene rings is 1. The van der Waals surface area contributed by atoms with Crippen LogP contribution in [-0.2, 0) is 0 Å². The third kappa shape index (κ3) is 1.48. The SMILES string of the molecule is CCC1=CCNc2ccc(OC)cc21. The van der Waals surface area contributed by atoms with E-state index in [1.165, 1.54) is 16.8 Å². The first-order chi connectivity index (χ1) is 6.85. The van der Waals surface area contributed by atoms with Crippen molar-refractivity contribution in [1.82, 2.24) is 0 Å². The summed E-state index contributed by atoms with van der Waals surface area (Å²) in [6.07, 6.45) is 3.31. The Hall–Kier alpha value is -1.44. The highest BCUT2D eigenvalue weighted by molar-refractivity contribution is 5.80. The molecule has 0 fully saturated rings. The number of hydrogen-bond acceptors (Lipinski definition) is 2. The molecule has 0 saturated carbocycles. The highest BCUT2D eigenvalue weighted by Crippen LogP contribution is 2.32. The Balaban J connectivity index is 2.46. The maximum atomic E-state index is 5.22. The maximum absolute atomic E-state index is 5.22. The molecule has 1 aromatic carbocycles. The molecule has 0 spiro atoms. The molecule has 1 aromatic rings.